The number of aromatic nitrogens is 1. The summed E-state index contributed by atoms with van der Waals surface area (Å²) in [6.07, 6.45) is 2.74. The SMILES string of the molecule is COc1cc(/C=N/Nc2ccc([N+](=O)[O-])cn2)cc(Br)c1OCc1ccc(Br)cc1. The number of benzene rings is 2. The van der Waals surface area contributed by atoms with Crippen molar-refractivity contribution in [3.63, 3.8) is 0 Å². The standard InChI is InChI=1S/C20H16Br2N4O4/c1-29-18-9-14(10-24-25-19-7-6-16(11-23-19)26(27)28)8-17(22)20(18)30-12-13-2-4-15(21)5-3-13/h2-11H,12H2,1H3,(H,23,25)/b24-10+. The average Bonchev–Trinajstić information content (AvgIpc) is 2.74. The summed E-state index contributed by atoms with van der Waals surface area (Å²) in [7, 11) is 1.56. The van der Waals surface area contributed by atoms with Gasteiger partial charge < -0.3 is 9.47 Å². The number of nitro groups is 1. The van der Waals surface area contributed by atoms with Crippen LogP contribution in [0.2, 0.25) is 0 Å². The highest BCUT2D eigenvalue weighted by Gasteiger charge is 2.12. The van der Waals surface area contributed by atoms with Crippen molar-refractivity contribution in [2.24, 2.45) is 5.10 Å². The van der Waals surface area contributed by atoms with Gasteiger partial charge in [-0.15, -0.1) is 0 Å². The van der Waals surface area contributed by atoms with Crippen LogP contribution in [0, 0.1) is 10.1 Å². The molecule has 0 atom stereocenters. The van der Waals surface area contributed by atoms with Crippen LogP contribution in [0.1, 0.15) is 11.1 Å². The third-order valence-corrected chi connectivity index (χ3v) is 5.02. The Kier molecular flexibility index (Phi) is 7.36. The van der Waals surface area contributed by atoms with E-state index < -0.39 is 4.92 Å². The van der Waals surface area contributed by atoms with Gasteiger partial charge in [0.25, 0.3) is 5.69 Å². The molecule has 0 radical (unpaired) electrons. The number of hydrogen-bond acceptors (Lipinski definition) is 7. The van der Waals surface area contributed by atoms with Crippen LogP contribution in [-0.2, 0) is 6.61 Å². The van der Waals surface area contributed by atoms with E-state index in [0.29, 0.717) is 28.4 Å². The summed E-state index contributed by atoms with van der Waals surface area (Å²) in [6, 6.07) is 14.3. The average molecular weight is 536 g/mol. The maximum Gasteiger partial charge on any atom is 0.287 e. The van der Waals surface area contributed by atoms with Crippen LogP contribution >= 0.6 is 31.9 Å². The van der Waals surface area contributed by atoms with Gasteiger partial charge in [-0.25, -0.2) is 4.98 Å². The van der Waals surface area contributed by atoms with E-state index in [9.17, 15) is 10.1 Å². The molecule has 3 aromatic rings. The predicted octanol–water partition coefficient (Wildman–Crippen LogP) is 5.55. The Morgan fingerprint density at radius 2 is 1.97 bits per heavy atom. The van der Waals surface area contributed by atoms with Gasteiger partial charge in [-0.3, -0.25) is 15.5 Å². The summed E-state index contributed by atoms with van der Waals surface area (Å²) in [5.74, 6) is 1.52. The summed E-state index contributed by atoms with van der Waals surface area (Å²) in [4.78, 5) is 14.1. The molecule has 0 saturated carbocycles. The molecule has 0 aliphatic rings. The fraction of sp³-hybridized carbons (Fsp3) is 0.100. The van der Waals surface area contributed by atoms with E-state index in [1.165, 1.54) is 12.1 Å². The normalized spacial score (nSPS) is 10.8. The number of rotatable bonds is 8. The van der Waals surface area contributed by atoms with Crippen LogP contribution in [0.3, 0.4) is 0 Å². The second-order valence-corrected chi connectivity index (χ2v) is 7.75. The Morgan fingerprint density at radius 1 is 1.20 bits per heavy atom. The van der Waals surface area contributed by atoms with Crippen molar-refractivity contribution in [1.29, 1.82) is 0 Å². The van der Waals surface area contributed by atoms with Gasteiger partial charge in [0.1, 0.15) is 18.6 Å². The summed E-state index contributed by atoms with van der Waals surface area (Å²) >= 11 is 6.92. The molecule has 2 aromatic carbocycles. The van der Waals surface area contributed by atoms with Crippen LogP contribution in [0.5, 0.6) is 11.5 Å². The Morgan fingerprint density at radius 3 is 2.60 bits per heavy atom. The first-order valence-corrected chi connectivity index (χ1v) is 10.2. The first kappa shape index (κ1) is 21.7. The van der Waals surface area contributed by atoms with E-state index in [-0.39, 0.29) is 5.69 Å². The second kappa shape index (κ2) is 10.2. The maximum atomic E-state index is 10.7. The van der Waals surface area contributed by atoms with E-state index in [1.807, 2.05) is 30.3 Å². The Balaban J connectivity index is 1.68. The van der Waals surface area contributed by atoms with Gasteiger partial charge in [0, 0.05) is 10.5 Å². The minimum atomic E-state index is -0.510. The van der Waals surface area contributed by atoms with E-state index in [1.54, 1.807) is 19.4 Å². The molecule has 0 aliphatic carbocycles. The van der Waals surface area contributed by atoms with Crippen molar-refractivity contribution in [2.45, 2.75) is 6.61 Å². The molecule has 3 rings (SSSR count). The molecule has 0 fully saturated rings. The van der Waals surface area contributed by atoms with Crippen LogP contribution in [0.25, 0.3) is 0 Å². The van der Waals surface area contributed by atoms with Crippen LogP contribution < -0.4 is 14.9 Å². The quantitative estimate of drug-likeness (QED) is 0.231. The van der Waals surface area contributed by atoms with Crippen molar-refractivity contribution in [1.82, 2.24) is 4.98 Å². The van der Waals surface area contributed by atoms with Crippen molar-refractivity contribution < 1.29 is 14.4 Å². The zero-order chi connectivity index (χ0) is 21.5. The molecule has 0 amide bonds. The van der Waals surface area contributed by atoms with Gasteiger partial charge in [-0.1, -0.05) is 28.1 Å². The number of halogens is 2. The van der Waals surface area contributed by atoms with Gasteiger partial charge in [-0.05, 0) is 57.4 Å². The lowest BCUT2D eigenvalue weighted by molar-refractivity contribution is -0.385. The lowest BCUT2D eigenvalue weighted by atomic mass is 10.2. The van der Waals surface area contributed by atoms with Gasteiger partial charge in [0.15, 0.2) is 11.5 Å². The van der Waals surface area contributed by atoms with Crippen LogP contribution in [0.4, 0.5) is 11.5 Å². The van der Waals surface area contributed by atoms with Gasteiger partial charge in [0.2, 0.25) is 0 Å². The number of ether oxygens (including phenoxy) is 2. The number of hydrogen-bond donors (Lipinski definition) is 1. The molecule has 8 nitrogen and oxygen atoms in total. The monoisotopic (exact) mass is 534 g/mol. The smallest absolute Gasteiger partial charge is 0.287 e. The van der Waals surface area contributed by atoms with Crippen molar-refractivity contribution in [3.8, 4) is 11.5 Å². The molecular weight excluding hydrogens is 520 g/mol. The zero-order valence-corrected chi connectivity index (χ0v) is 18.9. The Bertz CT molecular complexity index is 1060. The largest absolute Gasteiger partial charge is 0.493 e. The van der Waals surface area contributed by atoms with Crippen LogP contribution in [0.15, 0.2) is 68.8 Å². The molecule has 30 heavy (non-hydrogen) atoms. The third-order valence-electron chi connectivity index (χ3n) is 3.90. The number of nitrogens with one attached hydrogen (secondary N) is 1. The lowest BCUT2D eigenvalue weighted by Gasteiger charge is -2.13. The molecule has 154 valence electrons. The molecule has 0 bridgehead atoms. The molecule has 0 spiro atoms. The highest BCUT2D eigenvalue weighted by Crippen LogP contribution is 2.37. The van der Waals surface area contributed by atoms with E-state index >= 15 is 0 Å². The molecule has 10 heteroatoms. The van der Waals surface area contributed by atoms with E-state index in [4.69, 9.17) is 9.47 Å². The van der Waals surface area contributed by atoms with E-state index in [2.05, 4.69) is 47.4 Å². The van der Waals surface area contributed by atoms with Crippen LogP contribution in [-0.4, -0.2) is 23.2 Å². The van der Waals surface area contributed by atoms with Crippen molar-refractivity contribution >= 4 is 49.6 Å². The van der Waals surface area contributed by atoms with Gasteiger partial charge in [0.05, 0.1) is 22.7 Å². The fourth-order valence-electron chi connectivity index (χ4n) is 2.42. The summed E-state index contributed by atoms with van der Waals surface area (Å²) < 4.78 is 13.1. The minimum Gasteiger partial charge on any atom is -0.493 e. The molecule has 1 heterocycles. The number of hydrazone groups is 1. The molecule has 0 unspecified atom stereocenters. The lowest BCUT2D eigenvalue weighted by Crippen LogP contribution is -2.00. The maximum absolute atomic E-state index is 10.7. The van der Waals surface area contributed by atoms with Gasteiger partial charge in [-0.2, -0.15) is 5.10 Å². The summed E-state index contributed by atoms with van der Waals surface area (Å²) in [5, 5.41) is 14.8. The molecular formula is C20H16Br2N4O4. The highest BCUT2D eigenvalue weighted by molar-refractivity contribution is 9.10. The first-order chi connectivity index (χ1) is 14.5. The van der Waals surface area contributed by atoms with E-state index in [0.717, 1.165) is 21.8 Å². The number of methoxy groups -OCH3 is 1. The van der Waals surface area contributed by atoms with Crippen molar-refractivity contribution in [2.75, 3.05) is 12.5 Å². The zero-order valence-electron chi connectivity index (χ0n) is 15.7. The third kappa shape index (κ3) is 5.77. The van der Waals surface area contributed by atoms with Crippen molar-refractivity contribution in [3.05, 3.63) is 84.9 Å². The molecule has 0 aliphatic heterocycles. The molecule has 1 N–H and O–H groups in total. The Hall–Kier alpha value is -2.98. The predicted molar refractivity (Wildman–Crippen MR) is 121 cm³/mol. The first-order valence-electron chi connectivity index (χ1n) is 8.60. The summed E-state index contributed by atoms with van der Waals surface area (Å²) in [6.45, 7) is 0.392. The number of pyridine rings is 1. The second-order valence-electron chi connectivity index (χ2n) is 5.98. The Labute approximate surface area is 189 Å². The highest BCUT2D eigenvalue weighted by atomic mass is 79.9. The van der Waals surface area contributed by atoms with Gasteiger partial charge >= 0.3 is 0 Å². The topological polar surface area (TPSA) is 98.9 Å². The fourth-order valence-corrected chi connectivity index (χ4v) is 3.26. The number of nitrogens with zero attached hydrogens (tertiary/aromatic N) is 3. The number of anilines is 1. The molecule has 1 aromatic heterocycles. The summed E-state index contributed by atoms with van der Waals surface area (Å²) in [5.41, 5.74) is 4.42. The minimum absolute atomic E-state index is 0.0862. The molecule has 0 saturated heterocycles.